The number of sulfonamides is 1. The van der Waals surface area contributed by atoms with Gasteiger partial charge < -0.3 is 5.73 Å². The summed E-state index contributed by atoms with van der Waals surface area (Å²) in [6.07, 6.45) is 2.87. The highest BCUT2D eigenvalue weighted by Gasteiger charge is 2.25. The summed E-state index contributed by atoms with van der Waals surface area (Å²) in [6.45, 7) is 2.90. The summed E-state index contributed by atoms with van der Waals surface area (Å²) in [4.78, 5) is 0.206. The van der Waals surface area contributed by atoms with Gasteiger partial charge in [-0.05, 0) is 11.1 Å². The smallest absolute Gasteiger partial charge is 0.246 e. The van der Waals surface area contributed by atoms with Crippen molar-refractivity contribution in [3.8, 4) is 0 Å². The minimum atomic E-state index is -3.54. The van der Waals surface area contributed by atoms with E-state index < -0.39 is 10.0 Å². The van der Waals surface area contributed by atoms with Crippen molar-refractivity contribution in [2.45, 2.75) is 24.9 Å². The summed E-state index contributed by atoms with van der Waals surface area (Å²) in [5.41, 5.74) is 7.59. The summed E-state index contributed by atoms with van der Waals surface area (Å²) in [5.74, 6) is 0. The van der Waals surface area contributed by atoms with E-state index in [1.165, 1.54) is 21.4 Å². The lowest BCUT2D eigenvalue weighted by molar-refractivity contribution is 0.422. The molecule has 2 N–H and O–H groups in total. The molecule has 21 heavy (non-hydrogen) atoms. The number of nitrogens with two attached hydrogens (primary N) is 1. The molecule has 0 unspecified atom stereocenters. The van der Waals surface area contributed by atoms with Gasteiger partial charge in [0.15, 0.2) is 0 Å². The largest absolute Gasteiger partial charge is 0.326 e. The third-order valence-electron chi connectivity index (χ3n) is 3.36. The third-order valence-corrected chi connectivity index (χ3v) is 5.23. The predicted octanol–water partition coefficient (Wildman–Crippen LogP) is 1.09. The van der Waals surface area contributed by atoms with Crippen LogP contribution >= 0.6 is 0 Å². The van der Waals surface area contributed by atoms with Gasteiger partial charge in [0.1, 0.15) is 4.90 Å². The molecular weight excluding hydrogens is 288 g/mol. The molecule has 0 radical (unpaired) electrons. The van der Waals surface area contributed by atoms with Gasteiger partial charge in [0.2, 0.25) is 10.0 Å². The summed E-state index contributed by atoms with van der Waals surface area (Å²) in [6, 6.07) is 7.61. The lowest BCUT2D eigenvalue weighted by Gasteiger charge is -2.21. The molecule has 0 saturated heterocycles. The van der Waals surface area contributed by atoms with Gasteiger partial charge in [0.25, 0.3) is 0 Å². The maximum atomic E-state index is 12.6. The first-order valence-electron chi connectivity index (χ1n) is 6.74. The summed E-state index contributed by atoms with van der Waals surface area (Å²) in [7, 11) is -1.85. The Kier molecular flexibility index (Phi) is 4.76. The van der Waals surface area contributed by atoms with Crippen LogP contribution in [-0.4, -0.2) is 29.0 Å². The molecule has 1 aromatic carbocycles. The molecule has 0 aliphatic heterocycles. The lowest BCUT2D eigenvalue weighted by atomic mass is 10.1. The van der Waals surface area contributed by atoms with Gasteiger partial charge in [-0.25, -0.2) is 8.42 Å². The van der Waals surface area contributed by atoms with E-state index in [-0.39, 0.29) is 4.90 Å². The minimum Gasteiger partial charge on any atom is -0.326 e. The molecule has 0 atom stereocenters. The minimum absolute atomic E-state index is 0.206. The maximum absolute atomic E-state index is 12.6. The Morgan fingerprint density at radius 1 is 1.29 bits per heavy atom. The van der Waals surface area contributed by atoms with Crippen molar-refractivity contribution in [1.82, 2.24) is 14.1 Å². The van der Waals surface area contributed by atoms with Crippen molar-refractivity contribution in [3.63, 3.8) is 0 Å². The quantitative estimate of drug-likeness (QED) is 0.866. The van der Waals surface area contributed by atoms with E-state index in [9.17, 15) is 8.42 Å². The molecular formula is C14H20N4O2S. The molecule has 0 bridgehead atoms. The van der Waals surface area contributed by atoms with Crippen LogP contribution in [0.3, 0.4) is 0 Å². The maximum Gasteiger partial charge on any atom is 0.246 e. The predicted molar refractivity (Wildman–Crippen MR) is 80.8 cm³/mol. The highest BCUT2D eigenvalue weighted by Crippen LogP contribution is 2.19. The standard InChI is InChI=1S/C14H20N4O2S/c1-3-18(10-13-7-5-4-6-12(13)8-15)21(19,20)14-9-16-17(2)11-14/h4-7,9,11H,3,8,10,15H2,1-2H3. The second kappa shape index (κ2) is 6.38. The Morgan fingerprint density at radius 3 is 2.48 bits per heavy atom. The topological polar surface area (TPSA) is 81.2 Å². The van der Waals surface area contributed by atoms with E-state index in [1.807, 2.05) is 31.2 Å². The molecule has 1 aromatic heterocycles. The van der Waals surface area contributed by atoms with Gasteiger partial charge >= 0.3 is 0 Å². The fraction of sp³-hybridized carbons (Fsp3) is 0.357. The molecule has 1 heterocycles. The van der Waals surface area contributed by atoms with Crippen LogP contribution in [0.25, 0.3) is 0 Å². The van der Waals surface area contributed by atoms with Gasteiger partial charge in [-0.2, -0.15) is 9.40 Å². The van der Waals surface area contributed by atoms with Crippen molar-refractivity contribution < 1.29 is 8.42 Å². The van der Waals surface area contributed by atoms with Crippen LogP contribution in [0, 0.1) is 0 Å². The molecule has 6 nitrogen and oxygen atoms in total. The van der Waals surface area contributed by atoms with Crippen LogP contribution in [0.15, 0.2) is 41.6 Å². The number of aryl methyl sites for hydroxylation is 1. The molecule has 0 saturated carbocycles. The van der Waals surface area contributed by atoms with E-state index >= 15 is 0 Å². The van der Waals surface area contributed by atoms with Crippen LogP contribution in [0.1, 0.15) is 18.1 Å². The van der Waals surface area contributed by atoms with E-state index in [0.29, 0.717) is 19.6 Å². The molecule has 0 aliphatic carbocycles. The van der Waals surface area contributed by atoms with Crippen LogP contribution in [0.2, 0.25) is 0 Å². The number of rotatable bonds is 6. The third kappa shape index (κ3) is 3.31. The van der Waals surface area contributed by atoms with Gasteiger partial charge in [-0.15, -0.1) is 0 Å². The monoisotopic (exact) mass is 308 g/mol. The lowest BCUT2D eigenvalue weighted by Crippen LogP contribution is -2.30. The van der Waals surface area contributed by atoms with E-state index in [4.69, 9.17) is 5.73 Å². The van der Waals surface area contributed by atoms with Crippen molar-refractivity contribution in [2.75, 3.05) is 6.54 Å². The average molecular weight is 308 g/mol. The van der Waals surface area contributed by atoms with Gasteiger partial charge in [-0.1, -0.05) is 31.2 Å². The summed E-state index contributed by atoms with van der Waals surface area (Å²) >= 11 is 0. The Bertz CT molecular complexity index is 709. The van der Waals surface area contributed by atoms with Crippen molar-refractivity contribution in [1.29, 1.82) is 0 Å². The first-order valence-corrected chi connectivity index (χ1v) is 8.18. The molecule has 7 heteroatoms. The second-order valence-corrected chi connectivity index (χ2v) is 6.69. The zero-order valence-electron chi connectivity index (χ0n) is 12.2. The van der Waals surface area contributed by atoms with Gasteiger partial charge in [0, 0.05) is 32.9 Å². The Hall–Kier alpha value is -1.70. The Labute approximate surface area is 125 Å². The fourth-order valence-corrected chi connectivity index (χ4v) is 3.56. The van der Waals surface area contributed by atoms with Crippen LogP contribution in [0.4, 0.5) is 0 Å². The van der Waals surface area contributed by atoms with Crippen LogP contribution in [0.5, 0.6) is 0 Å². The van der Waals surface area contributed by atoms with E-state index in [0.717, 1.165) is 11.1 Å². The van der Waals surface area contributed by atoms with E-state index in [2.05, 4.69) is 5.10 Å². The zero-order valence-corrected chi connectivity index (χ0v) is 13.0. The first kappa shape index (κ1) is 15.7. The van der Waals surface area contributed by atoms with Crippen LogP contribution < -0.4 is 5.73 Å². The van der Waals surface area contributed by atoms with Crippen molar-refractivity contribution in [2.24, 2.45) is 12.8 Å². The number of nitrogens with zero attached hydrogens (tertiary/aromatic N) is 3. The van der Waals surface area contributed by atoms with Crippen molar-refractivity contribution >= 4 is 10.0 Å². The molecule has 0 aliphatic rings. The van der Waals surface area contributed by atoms with Gasteiger partial charge in [0.05, 0.1) is 6.20 Å². The number of aromatic nitrogens is 2. The normalized spacial score (nSPS) is 12.0. The first-order chi connectivity index (χ1) is 9.98. The summed E-state index contributed by atoms with van der Waals surface area (Å²) in [5, 5.41) is 3.93. The zero-order chi connectivity index (χ0) is 15.5. The van der Waals surface area contributed by atoms with Gasteiger partial charge in [-0.3, -0.25) is 4.68 Å². The molecule has 2 rings (SSSR count). The average Bonchev–Trinajstić information content (AvgIpc) is 2.92. The molecule has 0 fully saturated rings. The number of hydrogen-bond donors (Lipinski definition) is 1. The Balaban J connectivity index is 2.32. The fourth-order valence-electron chi connectivity index (χ4n) is 2.15. The van der Waals surface area contributed by atoms with E-state index in [1.54, 1.807) is 7.05 Å². The molecule has 0 spiro atoms. The molecule has 2 aromatic rings. The molecule has 0 amide bonds. The summed E-state index contributed by atoms with van der Waals surface area (Å²) < 4.78 is 28.2. The SMILES string of the molecule is CCN(Cc1ccccc1CN)S(=O)(=O)c1cnn(C)c1. The Morgan fingerprint density at radius 2 is 1.95 bits per heavy atom. The molecule has 114 valence electrons. The number of hydrogen-bond acceptors (Lipinski definition) is 4. The highest BCUT2D eigenvalue weighted by atomic mass is 32.2. The second-order valence-electron chi connectivity index (χ2n) is 4.75. The van der Waals surface area contributed by atoms with Crippen molar-refractivity contribution in [3.05, 3.63) is 47.8 Å². The number of benzene rings is 1. The highest BCUT2D eigenvalue weighted by molar-refractivity contribution is 7.89. The van der Waals surface area contributed by atoms with Crippen LogP contribution in [-0.2, 0) is 30.2 Å².